The normalized spacial score (nSPS) is 11.9. The number of hydrogen-bond acceptors (Lipinski definition) is 3. The number of nitrogens with zero attached hydrogens (tertiary/aromatic N) is 2. The summed E-state index contributed by atoms with van der Waals surface area (Å²) < 4.78 is 7.48. The van der Waals surface area contributed by atoms with E-state index in [2.05, 4.69) is 36.3 Å². The molecule has 4 rings (SSSR count). The number of hydrogen-bond donors (Lipinski definition) is 1. The van der Waals surface area contributed by atoms with Crippen LogP contribution in [0.2, 0.25) is 0 Å². The number of aromatic nitrogens is 2. The van der Waals surface area contributed by atoms with E-state index in [1.807, 2.05) is 71.4 Å². The zero-order chi connectivity index (χ0) is 20.2. The van der Waals surface area contributed by atoms with Crippen molar-refractivity contribution in [3.05, 3.63) is 107 Å². The number of benzene rings is 2. The maximum atomic E-state index is 12.7. The van der Waals surface area contributed by atoms with Crippen LogP contribution in [0, 0.1) is 13.8 Å². The van der Waals surface area contributed by atoms with Crippen molar-refractivity contribution in [2.75, 3.05) is 0 Å². The number of fused-ring (bicyclic) bond motifs is 1. The number of pyridine rings is 1. The van der Waals surface area contributed by atoms with E-state index < -0.39 is 6.09 Å². The van der Waals surface area contributed by atoms with Gasteiger partial charge < -0.3 is 14.5 Å². The molecule has 2 heterocycles. The molecule has 0 spiro atoms. The molecule has 0 bridgehead atoms. The lowest BCUT2D eigenvalue weighted by Gasteiger charge is -2.22. The summed E-state index contributed by atoms with van der Waals surface area (Å²) in [7, 11) is 0. The van der Waals surface area contributed by atoms with Gasteiger partial charge in [-0.05, 0) is 48.2 Å². The molecule has 0 saturated heterocycles. The number of alkyl carbamates (subject to hydrolysis) is 1. The van der Waals surface area contributed by atoms with Gasteiger partial charge in [0.05, 0.1) is 11.9 Å². The predicted molar refractivity (Wildman–Crippen MR) is 113 cm³/mol. The number of carbonyl (C=O) groups is 1. The van der Waals surface area contributed by atoms with Crippen LogP contribution in [0.3, 0.4) is 0 Å². The van der Waals surface area contributed by atoms with Gasteiger partial charge in [-0.2, -0.15) is 0 Å². The second-order valence-corrected chi connectivity index (χ2v) is 7.06. The first-order valence-electron chi connectivity index (χ1n) is 9.59. The summed E-state index contributed by atoms with van der Waals surface area (Å²) in [6.07, 6.45) is 3.30. The first-order valence-corrected chi connectivity index (χ1v) is 9.59. The van der Waals surface area contributed by atoms with Crippen molar-refractivity contribution in [1.82, 2.24) is 14.7 Å². The molecule has 0 aliphatic carbocycles. The SMILES string of the molecule is Cc1cccc(C)c1C(NC(=O)OCc1ccccc1)c1cnc2ccccn12. The summed E-state index contributed by atoms with van der Waals surface area (Å²) in [5.41, 5.74) is 5.91. The lowest BCUT2D eigenvalue weighted by Crippen LogP contribution is -2.31. The summed E-state index contributed by atoms with van der Waals surface area (Å²) in [5.74, 6) is 0. The first-order chi connectivity index (χ1) is 14.1. The Morgan fingerprint density at radius 2 is 1.72 bits per heavy atom. The standard InChI is InChI=1S/C24H23N3O2/c1-17-9-8-10-18(2)22(17)23(20-15-25-21-13-6-7-14-27(20)21)26-24(28)29-16-19-11-4-3-5-12-19/h3-15,23H,16H2,1-2H3,(H,26,28). The fourth-order valence-corrected chi connectivity index (χ4v) is 3.63. The molecule has 2 aromatic carbocycles. The third-order valence-electron chi connectivity index (χ3n) is 5.05. The molecule has 0 aliphatic rings. The van der Waals surface area contributed by atoms with Gasteiger partial charge in [0.1, 0.15) is 18.3 Å². The van der Waals surface area contributed by atoms with E-state index in [0.717, 1.165) is 33.6 Å². The number of ether oxygens (including phenoxy) is 1. The minimum Gasteiger partial charge on any atom is -0.445 e. The number of carbonyl (C=O) groups excluding carboxylic acids is 1. The van der Waals surface area contributed by atoms with Gasteiger partial charge >= 0.3 is 6.09 Å². The van der Waals surface area contributed by atoms with Crippen LogP contribution in [0.1, 0.15) is 34.0 Å². The molecule has 5 heteroatoms. The molecular weight excluding hydrogens is 362 g/mol. The average Bonchev–Trinajstić information content (AvgIpc) is 3.16. The fourth-order valence-electron chi connectivity index (χ4n) is 3.63. The Balaban J connectivity index is 1.66. The van der Waals surface area contributed by atoms with Crippen LogP contribution in [-0.4, -0.2) is 15.5 Å². The summed E-state index contributed by atoms with van der Waals surface area (Å²) in [5, 5.41) is 3.06. The Morgan fingerprint density at radius 3 is 2.48 bits per heavy atom. The van der Waals surface area contributed by atoms with Crippen LogP contribution in [0.15, 0.2) is 79.1 Å². The third kappa shape index (κ3) is 3.99. The van der Waals surface area contributed by atoms with Crippen LogP contribution >= 0.6 is 0 Å². The van der Waals surface area contributed by atoms with E-state index in [4.69, 9.17) is 4.74 Å². The predicted octanol–water partition coefficient (Wildman–Crippen LogP) is 4.97. The van der Waals surface area contributed by atoms with Crippen molar-refractivity contribution in [2.45, 2.75) is 26.5 Å². The molecule has 5 nitrogen and oxygen atoms in total. The lowest BCUT2D eigenvalue weighted by molar-refractivity contribution is 0.137. The van der Waals surface area contributed by atoms with Crippen LogP contribution < -0.4 is 5.32 Å². The summed E-state index contributed by atoms with van der Waals surface area (Å²) in [6, 6.07) is 21.2. The Kier molecular flexibility index (Phi) is 5.29. The van der Waals surface area contributed by atoms with Gasteiger partial charge in [-0.3, -0.25) is 0 Å². The van der Waals surface area contributed by atoms with E-state index in [1.165, 1.54) is 0 Å². The van der Waals surface area contributed by atoms with Gasteiger partial charge in [0.25, 0.3) is 0 Å². The van der Waals surface area contributed by atoms with E-state index in [1.54, 1.807) is 0 Å². The maximum absolute atomic E-state index is 12.7. The van der Waals surface area contributed by atoms with Gasteiger partial charge in [0.2, 0.25) is 0 Å². The molecule has 1 atom stereocenters. The zero-order valence-corrected chi connectivity index (χ0v) is 16.5. The van der Waals surface area contributed by atoms with Gasteiger partial charge in [0.15, 0.2) is 0 Å². The van der Waals surface area contributed by atoms with E-state index in [9.17, 15) is 4.79 Å². The topological polar surface area (TPSA) is 55.6 Å². The highest BCUT2D eigenvalue weighted by molar-refractivity contribution is 5.69. The van der Waals surface area contributed by atoms with E-state index in [-0.39, 0.29) is 12.6 Å². The highest BCUT2D eigenvalue weighted by Crippen LogP contribution is 2.28. The highest BCUT2D eigenvalue weighted by atomic mass is 16.5. The monoisotopic (exact) mass is 385 g/mol. The maximum Gasteiger partial charge on any atom is 0.408 e. The molecular formula is C24H23N3O2. The van der Waals surface area contributed by atoms with Gasteiger partial charge in [-0.15, -0.1) is 0 Å². The highest BCUT2D eigenvalue weighted by Gasteiger charge is 2.24. The molecule has 1 unspecified atom stereocenters. The molecule has 2 aromatic heterocycles. The lowest BCUT2D eigenvalue weighted by atomic mass is 9.94. The fraction of sp³-hybridized carbons (Fsp3) is 0.167. The molecule has 4 aromatic rings. The number of amides is 1. The van der Waals surface area contributed by atoms with Crippen LogP contribution in [0.4, 0.5) is 4.79 Å². The minimum absolute atomic E-state index is 0.222. The average molecular weight is 385 g/mol. The number of nitrogens with one attached hydrogen (secondary N) is 1. The quantitative estimate of drug-likeness (QED) is 0.528. The molecule has 0 fully saturated rings. The Morgan fingerprint density at radius 1 is 1.00 bits per heavy atom. The first kappa shape index (κ1) is 18.7. The van der Waals surface area contributed by atoms with Crippen molar-refractivity contribution in [3.63, 3.8) is 0 Å². The largest absolute Gasteiger partial charge is 0.445 e. The Labute approximate surface area is 170 Å². The van der Waals surface area contributed by atoms with Crippen LogP contribution in [0.5, 0.6) is 0 Å². The van der Waals surface area contributed by atoms with Gasteiger partial charge in [-0.1, -0.05) is 54.6 Å². The van der Waals surface area contributed by atoms with Gasteiger partial charge in [0, 0.05) is 6.20 Å². The van der Waals surface area contributed by atoms with Crippen LogP contribution in [-0.2, 0) is 11.3 Å². The third-order valence-corrected chi connectivity index (χ3v) is 5.05. The molecule has 146 valence electrons. The van der Waals surface area contributed by atoms with Crippen molar-refractivity contribution < 1.29 is 9.53 Å². The number of rotatable bonds is 5. The molecule has 1 amide bonds. The molecule has 1 N–H and O–H groups in total. The molecule has 0 aliphatic heterocycles. The van der Waals surface area contributed by atoms with E-state index >= 15 is 0 Å². The second-order valence-electron chi connectivity index (χ2n) is 7.06. The molecule has 29 heavy (non-hydrogen) atoms. The summed E-state index contributed by atoms with van der Waals surface area (Å²) >= 11 is 0. The molecule has 0 saturated carbocycles. The number of imidazole rings is 1. The number of aryl methyl sites for hydroxylation is 2. The smallest absolute Gasteiger partial charge is 0.408 e. The van der Waals surface area contributed by atoms with Crippen molar-refractivity contribution >= 4 is 11.7 Å². The second kappa shape index (κ2) is 8.19. The van der Waals surface area contributed by atoms with Gasteiger partial charge in [-0.25, -0.2) is 9.78 Å². The summed E-state index contributed by atoms with van der Waals surface area (Å²) in [4.78, 5) is 17.2. The Bertz CT molecular complexity index is 1120. The summed E-state index contributed by atoms with van der Waals surface area (Å²) in [6.45, 7) is 4.32. The van der Waals surface area contributed by atoms with Crippen molar-refractivity contribution in [1.29, 1.82) is 0 Å². The van der Waals surface area contributed by atoms with Crippen molar-refractivity contribution in [2.24, 2.45) is 0 Å². The van der Waals surface area contributed by atoms with E-state index in [0.29, 0.717) is 0 Å². The van der Waals surface area contributed by atoms with Crippen LogP contribution in [0.25, 0.3) is 5.65 Å². The minimum atomic E-state index is -0.465. The molecule has 0 radical (unpaired) electrons. The Hall–Kier alpha value is -3.60. The van der Waals surface area contributed by atoms with Crippen molar-refractivity contribution in [3.8, 4) is 0 Å². The zero-order valence-electron chi connectivity index (χ0n) is 16.5.